The van der Waals surface area contributed by atoms with Crippen molar-refractivity contribution in [2.45, 2.75) is 12.5 Å². The van der Waals surface area contributed by atoms with Crippen molar-refractivity contribution in [3.63, 3.8) is 0 Å². The molecule has 4 nitrogen and oxygen atoms in total. The molecule has 2 aromatic carbocycles. The van der Waals surface area contributed by atoms with E-state index in [-0.39, 0.29) is 6.04 Å². The standard InChI is InChI=1S/C19H18N2O2/c1-2-4-15-13(3-1)14-7-8-20-18(19(14)21-15)12-5-6-16-17(11-12)23-10-9-22-16/h1-6,11,18,20-21H,7-10H2. The Bertz CT molecular complexity index is 884. The summed E-state index contributed by atoms with van der Waals surface area (Å²) in [6.07, 6.45) is 1.06. The van der Waals surface area contributed by atoms with Gasteiger partial charge in [-0.15, -0.1) is 0 Å². The normalized spacial score (nSPS) is 19.6. The van der Waals surface area contributed by atoms with Gasteiger partial charge in [-0.05, 0) is 35.7 Å². The van der Waals surface area contributed by atoms with Gasteiger partial charge in [0.1, 0.15) is 13.2 Å². The van der Waals surface area contributed by atoms with Gasteiger partial charge in [0.05, 0.1) is 6.04 Å². The summed E-state index contributed by atoms with van der Waals surface area (Å²) in [6.45, 7) is 2.22. The van der Waals surface area contributed by atoms with Crippen LogP contribution in [-0.4, -0.2) is 24.7 Å². The molecular formula is C19H18N2O2. The quantitative estimate of drug-likeness (QED) is 0.726. The maximum Gasteiger partial charge on any atom is 0.161 e. The molecule has 0 saturated heterocycles. The van der Waals surface area contributed by atoms with Crippen LogP contribution < -0.4 is 14.8 Å². The van der Waals surface area contributed by atoms with Crippen molar-refractivity contribution in [1.29, 1.82) is 0 Å². The second-order valence-electron chi connectivity index (χ2n) is 6.10. The van der Waals surface area contributed by atoms with Crippen molar-refractivity contribution in [2.75, 3.05) is 19.8 Å². The van der Waals surface area contributed by atoms with Gasteiger partial charge < -0.3 is 19.8 Å². The Labute approximate surface area is 134 Å². The van der Waals surface area contributed by atoms with Crippen LogP contribution in [0.1, 0.15) is 22.9 Å². The second kappa shape index (κ2) is 5.03. The lowest BCUT2D eigenvalue weighted by atomic mass is 9.94. The number of ether oxygens (including phenoxy) is 2. The van der Waals surface area contributed by atoms with Crippen LogP contribution in [0, 0.1) is 0 Å². The van der Waals surface area contributed by atoms with Crippen molar-refractivity contribution >= 4 is 10.9 Å². The van der Waals surface area contributed by atoms with Gasteiger partial charge in [0.2, 0.25) is 0 Å². The Morgan fingerprint density at radius 3 is 2.78 bits per heavy atom. The van der Waals surface area contributed by atoms with Crippen LogP contribution in [-0.2, 0) is 6.42 Å². The highest BCUT2D eigenvalue weighted by Gasteiger charge is 2.26. The van der Waals surface area contributed by atoms with Gasteiger partial charge >= 0.3 is 0 Å². The van der Waals surface area contributed by atoms with E-state index in [9.17, 15) is 0 Å². The van der Waals surface area contributed by atoms with Crippen LogP contribution in [0.2, 0.25) is 0 Å². The molecule has 0 radical (unpaired) electrons. The number of benzene rings is 2. The van der Waals surface area contributed by atoms with Crippen LogP contribution in [0.4, 0.5) is 0 Å². The summed E-state index contributed by atoms with van der Waals surface area (Å²) < 4.78 is 11.4. The van der Waals surface area contributed by atoms with Crippen LogP contribution in [0.3, 0.4) is 0 Å². The monoisotopic (exact) mass is 306 g/mol. The van der Waals surface area contributed by atoms with Gasteiger partial charge in [-0.1, -0.05) is 24.3 Å². The Morgan fingerprint density at radius 2 is 1.83 bits per heavy atom. The summed E-state index contributed by atoms with van der Waals surface area (Å²) in [5.41, 5.74) is 5.12. The van der Waals surface area contributed by atoms with Crippen LogP contribution >= 0.6 is 0 Å². The highest BCUT2D eigenvalue weighted by atomic mass is 16.6. The number of nitrogens with one attached hydrogen (secondary N) is 2. The first-order chi connectivity index (χ1) is 11.4. The van der Waals surface area contributed by atoms with Crippen LogP contribution in [0.5, 0.6) is 11.5 Å². The Hall–Kier alpha value is -2.46. The molecule has 1 aromatic heterocycles. The van der Waals surface area contributed by atoms with E-state index in [0.717, 1.165) is 24.5 Å². The summed E-state index contributed by atoms with van der Waals surface area (Å²) in [6, 6.07) is 15.0. The molecule has 2 aliphatic rings. The van der Waals surface area contributed by atoms with Crippen molar-refractivity contribution in [1.82, 2.24) is 10.3 Å². The predicted molar refractivity (Wildman–Crippen MR) is 89.3 cm³/mol. The molecule has 0 amide bonds. The second-order valence-corrected chi connectivity index (χ2v) is 6.10. The molecule has 0 spiro atoms. The highest BCUT2D eigenvalue weighted by Crippen LogP contribution is 2.37. The maximum absolute atomic E-state index is 5.74. The molecule has 116 valence electrons. The SMILES string of the molecule is c1ccc2c3c([nH]c2c1)C(c1ccc2c(c1)OCCO2)NCC3. The Kier molecular flexibility index (Phi) is 2.85. The summed E-state index contributed by atoms with van der Waals surface area (Å²) in [4.78, 5) is 3.61. The summed E-state index contributed by atoms with van der Waals surface area (Å²) in [7, 11) is 0. The molecule has 3 aromatic rings. The van der Waals surface area contributed by atoms with E-state index < -0.39 is 0 Å². The van der Waals surface area contributed by atoms with Gasteiger partial charge in [-0.3, -0.25) is 0 Å². The predicted octanol–water partition coefficient (Wildman–Crippen LogP) is 3.17. The van der Waals surface area contributed by atoms with E-state index in [1.807, 2.05) is 6.07 Å². The first-order valence-electron chi connectivity index (χ1n) is 8.12. The average Bonchev–Trinajstić information content (AvgIpc) is 3.00. The largest absolute Gasteiger partial charge is 0.486 e. The molecule has 0 fully saturated rings. The topological polar surface area (TPSA) is 46.3 Å². The number of para-hydroxylation sites is 1. The summed E-state index contributed by atoms with van der Waals surface area (Å²) in [5, 5.41) is 4.97. The van der Waals surface area contributed by atoms with Gasteiger partial charge in [-0.25, -0.2) is 0 Å². The van der Waals surface area contributed by atoms with Gasteiger partial charge in [-0.2, -0.15) is 0 Å². The average molecular weight is 306 g/mol. The fourth-order valence-corrected chi connectivity index (χ4v) is 3.70. The fraction of sp³-hybridized carbons (Fsp3) is 0.263. The third-order valence-corrected chi connectivity index (χ3v) is 4.76. The molecule has 4 heteroatoms. The molecule has 2 aliphatic heterocycles. The smallest absolute Gasteiger partial charge is 0.161 e. The van der Waals surface area contributed by atoms with E-state index >= 15 is 0 Å². The number of hydrogen-bond donors (Lipinski definition) is 2. The minimum Gasteiger partial charge on any atom is -0.486 e. The summed E-state index contributed by atoms with van der Waals surface area (Å²) >= 11 is 0. The third-order valence-electron chi connectivity index (χ3n) is 4.76. The molecule has 0 aliphatic carbocycles. The number of H-pyrrole nitrogens is 1. The van der Waals surface area contributed by atoms with Gasteiger partial charge in [0.25, 0.3) is 0 Å². The van der Waals surface area contributed by atoms with Gasteiger partial charge in [0, 0.05) is 23.1 Å². The fourth-order valence-electron chi connectivity index (χ4n) is 3.70. The van der Waals surface area contributed by atoms with Crippen molar-refractivity contribution < 1.29 is 9.47 Å². The molecule has 3 heterocycles. The molecule has 1 unspecified atom stereocenters. The lowest BCUT2D eigenvalue weighted by molar-refractivity contribution is 0.171. The van der Waals surface area contributed by atoms with Gasteiger partial charge in [0.15, 0.2) is 11.5 Å². The number of hydrogen-bond acceptors (Lipinski definition) is 3. The van der Waals surface area contributed by atoms with Crippen LogP contribution in [0.25, 0.3) is 10.9 Å². The molecule has 2 N–H and O–H groups in total. The lowest BCUT2D eigenvalue weighted by Gasteiger charge is -2.26. The Morgan fingerprint density at radius 1 is 0.957 bits per heavy atom. The molecule has 1 atom stereocenters. The highest BCUT2D eigenvalue weighted by molar-refractivity contribution is 5.85. The minimum absolute atomic E-state index is 0.168. The van der Waals surface area contributed by atoms with Crippen molar-refractivity contribution in [2.24, 2.45) is 0 Å². The molecule has 23 heavy (non-hydrogen) atoms. The molecule has 0 saturated carbocycles. The zero-order valence-corrected chi connectivity index (χ0v) is 12.8. The first kappa shape index (κ1) is 13.0. The van der Waals surface area contributed by atoms with E-state index in [2.05, 4.69) is 46.7 Å². The number of rotatable bonds is 1. The van der Waals surface area contributed by atoms with Crippen molar-refractivity contribution in [3.8, 4) is 11.5 Å². The number of aromatic nitrogens is 1. The summed E-state index contributed by atoms with van der Waals surface area (Å²) in [5.74, 6) is 1.69. The van der Waals surface area contributed by atoms with E-state index in [4.69, 9.17) is 9.47 Å². The third kappa shape index (κ3) is 2.02. The van der Waals surface area contributed by atoms with E-state index in [1.165, 1.54) is 27.7 Å². The zero-order chi connectivity index (χ0) is 15.2. The van der Waals surface area contributed by atoms with Crippen LogP contribution in [0.15, 0.2) is 42.5 Å². The van der Waals surface area contributed by atoms with E-state index in [0.29, 0.717) is 13.2 Å². The number of aromatic amines is 1. The number of fused-ring (bicyclic) bond motifs is 4. The molecule has 0 bridgehead atoms. The zero-order valence-electron chi connectivity index (χ0n) is 12.8. The lowest BCUT2D eigenvalue weighted by Crippen LogP contribution is -2.30. The maximum atomic E-state index is 5.74. The minimum atomic E-state index is 0.168. The molecule has 5 rings (SSSR count). The first-order valence-corrected chi connectivity index (χ1v) is 8.12. The van der Waals surface area contributed by atoms with E-state index in [1.54, 1.807) is 0 Å². The molecular weight excluding hydrogens is 288 g/mol. The van der Waals surface area contributed by atoms with Crippen molar-refractivity contribution in [3.05, 3.63) is 59.3 Å². The Balaban J connectivity index is 1.63.